The van der Waals surface area contributed by atoms with Gasteiger partial charge < -0.3 is 9.72 Å². The van der Waals surface area contributed by atoms with Gasteiger partial charge in [-0.2, -0.15) is 0 Å². The molecule has 174 valence electrons. The van der Waals surface area contributed by atoms with Crippen molar-refractivity contribution < 1.29 is 28.7 Å². The molecule has 0 bridgehead atoms. The average Bonchev–Trinajstić information content (AvgIpc) is 3.18. The van der Waals surface area contributed by atoms with E-state index in [4.69, 9.17) is 4.74 Å². The Kier molecular flexibility index (Phi) is 6.67. The molecule has 1 N–H and O–H groups in total. The van der Waals surface area contributed by atoms with Crippen molar-refractivity contribution in [3.63, 3.8) is 0 Å². The zero-order chi connectivity index (χ0) is 24.6. The molecular weight excluding hydrogens is 424 g/mol. The van der Waals surface area contributed by atoms with Crippen molar-refractivity contribution >= 4 is 29.4 Å². The monoisotopic (exact) mass is 452 g/mol. The highest BCUT2D eigenvalue weighted by molar-refractivity contribution is 6.22. The fourth-order valence-corrected chi connectivity index (χ4v) is 4.28. The molecule has 0 fully saturated rings. The molecule has 0 saturated carbocycles. The van der Waals surface area contributed by atoms with Crippen LogP contribution in [0.1, 0.15) is 86.9 Å². The Labute approximate surface area is 192 Å². The Morgan fingerprint density at radius 2 is 1.55 bits per heavy atom. The molecule has 2 atom stereocenters. The van der Waals surface area contributed by atoms with E-state index in [1.54, 1.807) is 38.1 Å². The highest BCUT2D eigenvalue weighted by atomic mass is 16.5. The van der Waals surface area contributed by atoms with Crippen molar-refractivity contribution in [2.24, 2.45) is 5.92 Å². The van der Waals surface area contributed by atoms with E-state index in [-0.39, 0.29) is 34.9 Å². The topological polar surface area (TPSA) is 114 Å². The molecule has 1 aromatic heterocycles. The molecule has 33 heavy (non-hydrogen) atoms. The van der Waals surface area contributed by atoms with Crippen molar-refractivity contribution in [3.05, 3.63) is 57.9 Å². The van der Waals surface area contributed by atoms with E-state index in [1.165, 1.54) is 13.8 Å². The van der Waals surface area contributed by atoms with E-state index >= 15 is 0 Å². The fourth-order valence-electron chi connectivity index (χ4n) is 4.28. The Hall–Kier alpha value is -3.55. The molecule has 2 amide bonds. The zero-order valence-corrected chi connectivity index (χ0v) is 19.6. The predicted molar refractivity (Wildman–Crippen MR) is 120 cm³/mol. The van der Waals surface area contributed by atoms with E-state index in [1.807, 2.05) is 13.8 Å². The van der Waals surface area contributed by atoms with Crippen molar-refractivity contribution in [2.75, 3.05) is 0 Å². The third kappa shape index (κ3) is 4.37. The van der Waals surface area contributed by atoms with Crippen LogP contribution in [0, 0.1) is 19.8 Å². The summed E-state index contributed by atoms with van der Waals surface area (Å²) in [5, 5.41) is 0. The van der Waals surface area contributed by atoms with Gasteiger partial charge in [-0.3, -0.25) is 24.1 Å². The minimum Gasteiger partial charge on any atom is -0.453 e. The third-order valence-electron chi connectivity index (χ3n) is 5.80. The number of ether oxygens (including phenoxy) is 1. The summed E-state index contributed by atoms with van der Waals surface area (Å²) in [6, 6.07) is 5.23. The van der Waals surface area contributed by atoms with E-state index < -0.39 is 35.7 Å². The summed E-state index contributed by atoms with van der Waals surface area (Å²) < 4.78 is 5.46. The first-order valence-corrected chi connectivity index (χ1v) is 10.9. The molecule has 8 heteroatoms. The van der Waals surface area contributed by atoms with Gasteiger partial charge in [-0.25, -0.2) is 4.79 Å². The minimum absolute atomic E-state index is 0.0238. The number of aromatic nitrogens is 1. The number of esters is 1. The Morgan fingerprint density at radius 3 is 2.00 bits per heavy atom. The molecule has 0 radical (unpaired) electrons. The van der Waals surface area contributed by atoms with Crippen LogP contribution in [0.4, 0.5) is 0 Å². The number of amides is 2. The number of hydrogen-bond acceptors (Lipinski definition) is 6. The number of aromatic amines is 1. The molecular formula is C25H28N2O6. The summed E-state index contributed by atoms with van der Waals surface area (Å²) in [6.07, 6.45) is -0.987. The Balaban J connectivity index is 1.85. The summed E-state index contributed by atoms with van der Waals surface area (Å²) in [7, 11) is 0. The van der Waals surface area contributed by atoms with Gasteiger partial charge in [0.05, 0.1) is 16.8 Å². The first kappa shape index (κ1) is 24.1. The van der Waals surface area contributed by atoms with Gasteiger partial charge >= 0.3 is 5.97 Å². The van der Waals surface area contributed by atoms with E-state index in [0.717, 1.165) is 4.90 Å². The standard InChI is InChI=1S/C25H28N2O6/c1-12(2)11-19(27-23(30)17-9-7-8-10-18(17)24(27)31)25(32)33-16(6)22(29)21-13(3)20(15(5)28)14(4)26-21/h7-10,12,16,19,26H,11H2,1-6H3/t16-,19+/m1/s1. The van der Waals surface area contributed by atoms with Gasteiger partial charge in [0.15, 0.2) is 11.9 Å². The van der Waals surface area contributed by atoms with Crippen LogP contribution in [-0.2, 0) is 9.53 Å². The van der Waals surface area contributed by atoms with Crippen molar-refractivity contribution in [1.29, 1.82) is 0 Å². The number of H-pyrrole nitrogens is 1. The fraction of sp³-hybridized carbons (Fsp3) is 0.400. The van der Waals surface area contributed by atoms with Crippen LogP contribution in [-0.4, -0.2) is 51.4 Å². The number of Topliss-reactive ketones (excluding diaryl/α,β-unsaturated/α-hetero) is 2. The summed E-state index contributed by atoms with van der Waals surface area (Å²) in [5.74, 6) is -2.64. The van der Waals surface area contributed by atoms with E-state index in [0.29, 0.717) is 16.8 Å². The van der Waals surface area contributed by atoms with Crippen molar-refractivity contribution in [1.82, 2.24) is 9.88 Å². The van der Waals surface area contributed by atoms with E-state index in [9.17, 15) is 24.0 Å². The smallest absolute Gasteiger partial charge is 0.330 e. The summed E-state index contributed by atoms with van der Waals surface area (Å²) >= 11 is 0. The second kappa shape index (κ2) is 9.13. The van der Waals surface area contributed by atoms with Gasteiger partial charge in [0.25, 0.3) is 11.8 Å². The van der Waals surface area contributed by atoms with Gasteiger partial charge in [0.2, 0.25) is 5.78 Å². The lowest BCUT2D eigenvalue weighted by Gasteiger charge is -2.27. The molecule has 0 aliphatic carbocycles. The number of imide groups is 1. The first-order valence-electron chi connectivity index (χ1n) is 10.9. The number of rotatable bonds is 8. The molecule has 2 heterocycles. The molecule has 1 aliphatic heterocycles. The number of hydrogen-bond donors (Lipinski definition) is 1. The highest BCUT2D eigenvalue weighted by Gasteiger charge is 2.44. The van der Waals surface area contributed by atoms with Gasteiger partial charge in [-0.15, -0.1) is 0 Å². The minimum atomic E-state index is -1.18. The lowest BCUT2D eigenvalue weighted by molar-refractivity contribution is -0.151. The second-order valence-corrected chi connectivity index (χ2v) is 8.80. The lowest BCUT2D eigenvalue weighted by atomic mass is 10.0. The van der Waals surface area contributed by atoms with Gasteiger partial charge in [-0.05, 0) is 57.7 Å². The van der Waals surface area contributed by atoms with Crippen LogP contribution < -0.4 is 0 Å². The number of ketones is 2. The molecule has 1 aromatic carbocycles. The molecule has 0 saturated heterocycles. The Bertz CT molecular complexity index is 1120. The number of aryl methyl sites for hydroxylation is 1. The first-order chi connectivity index (χ1) is 15.5. The van der Waals surface area contributed by atoms with Crippen LogP contribution in [0.3, 0.4) is 0 Å². The number of carbonyl (C=O) groups is 5. The molecule has 0 unspecified atom stereocenters. The maximum absolute atomic E-state index is 13.1. The molecule has 3 rings (SSSR count). The normalized spacial score (nSPS) is 14.9. The SMILES string of the molecule is CC(=O)c1c(C)[nH]c(C(=O)[C@@H](C)OC(=O)[C@H](CC(C)C)N2C(=O)c3ccccc3C2=O)c1C. The van der Waals surface area contributed by atoms with E-state index in [2.05, 4.69) is 4.98 Å². The molecule has 1 aliphatic rings. The summed E-state index contributed by atoms with van der Waals surface area (Å²) in [4.78, 5) is 67.7. The van der Waals surface area contributed by atoms with Crippen LogP contribution in [0.5, 0.6) is 0 Å². The van der Waals surface area contributed by atoms with Crippen molar-refractivity contribution in [3.8, 4) is 0 Å². The second-order valence-electron chi connectivity index (χ2n) is 8.80. The zero-order valence-electron chi connectivity index (χ0n) is 19.6. The van der Waals surface area contributed by atoms with Crippen LogP contribution in [0.2, 0.25) is 0 Å². The summed E-state index contributed by atoms with van der Waals surface area (Å²) in [5.41, 5.74) is 2.15. The molecule has 2 aromatic rings. The van der Waals surface area contributed by atoms with Crippen molar-refractivity contribution in [2.45, 2.75) is 60.1 Å². The maximum atomic E-state index is 13.1. The van der Waals surface area contributed by atoms with Crippen LogP contribution >= 0.6 is 0 Å². The largest absolute Gasteiger partial charge is 0.453 e. The van der Waals surface area contributed by atoms with Gasteiger partial charge in [0.1, 0.15) is 6.04 Å². The summed E-state index contributed by atoms with van der Waals surface area (Å²) in [6.45, 7) is 9.92. The quantitative estimate of drug-likeness (QED) is 0.371. The Morgan fingerprint density at radius 1 is 1.00 bits per heavy atom. The average molecular weight is 453 g/mol. The van der Waals surface area contributed by atoms with Crippen LogP contribution in [0.25, 0.3) is 0 Å². The number of nitrogens with one attached hydrogen (secondary N) is 1. The maximum Gasteiger partial charge on any atom is 0.330 e. The number of carbonyl (C=O) groups excluding carboxylic acids is 5. The number of benzene rings is 1. The molecule has 8 nitrogen and oxygen atoms in total. The number of nitrogens with zero attached hydrogens (tertiary/aromatic N) is 1. The number of fused-ring (bicyclic) bond motifs is 1. The molecule has 0 spiro atoms. The highest BCUT2D eigenvalue weighted by Crippen LogP contribution is 2.28. The predicted octanol–water partition coefficient (Wildman–Crippen LogP) is 3.66. The van der Waals surface area contributed by atoms with Gasteiger partial charge in [-0.1, -0.05) is 26.0 Å². The van der Waals surface area contributed by atoms with Crippen LogP contribution in [0.15, 0.2) is 24.3 Å². The van der Waals surface area contributed by atoms with Gasteiger partial charge in [0, 0.05) is 11.3 Å². The lowest BCUT2D eigenvalue weighted by Crippen LogP contribution is -2.47. The third-order valence-corrected chi connectivity index (χ3v) is 5.80.